The number of pyridine rings is 1. The molecule has 17 heavy (non-hydrogen) atoms. The third-order valence-corrected chi connectivity index (χ3v) is 1.94. The van der Waals surface area contributed by atoms with Crippen LogP contribution in [0.25, 0.3) is 0 Å². The zero-order valence-corrected chi connectivity index (χ0v) is 9.90. The molecule has 4 heteroatoms. The van der Waals surface area contributed by atoms with Crippen LogP contribution >= 0.6 is 0 Å². The van der Waals surface area contributed by atoms with Crippen LogP contribution in [0.1, 0.15) is 18.9 Å². The topological polar surface area (TPSA) is 42.0 Å². The van der Waals surface area contributed by atoms with Crippen LogP contribution in [-0.4, -0.2) is 10.9 Å². The van der Waals surface area contributed by atoms with Crippen LogP contribution in [0.15, 0.2) is 42.4 Å². The Hall–Kier alpha value is -1.97. The van der Waals surface area contributed by atoms with Gasteiger partial charge in [0.05, 0.1) is 5.83 Å². The van der Waals surface area contributed by atoms with E-state index in [9.17, 15) is 9.18 Å². The normalized spacial score (nSPS) is 11.8. The molecule has 0 aliphatic carbocycles. The molecule has 90 valence electrons. The molecule has 3 nitrogen and oxygen atoms in total. The number of carbonyl (C=O) groups is 1. The van der Waals surface area contributed by atoms with E-state index in [-0.39, 0.29) is 18.2 Å². The molecule has 0 atom stereocenters. The van der Waals surface area contributed by atoms with E-state index >= 15 is 0 Å². The number of aromatic nitrogens is 1. The Morgan fingerprint density at radius 1 is 1.53 bits per heavy atom. The minimum atomic E-state index is -0.290. The number of anilines is 1. The Morgan fingerprint density at radius 2 is 2.29 bits per heavy atom. The van der Waals surface area contributed by atoms with Crippen molar-refractivity contribution in [3.8, 4) is 0 Å². The second-order valence-electron chi connectivity index (χ2n) is 3.65. The van der Waals surface area contributed by atoms with Crippen molar-refractivity contribution in [1.82, 2.24) is 4.98 Å². The van der Waals surface area contributed by atoms with Gasteiger partial charge in [0.25, 0.3) is 0 Å². The molecule has 1 aromatic heterocycles. The van der Waals surface area contributed by atoms with Crippen LogP contribution < -0.4 is 5.32 Å². The van der Waals surface area contributed by atoms with Gasteiger partial charge < -0.3 is 5.32 Å². The van der Waals surface area contributed by atoms with Gasteiger partial charge in [-0.3, -0.25) is 4.79 Å². The molecule has 1 rings (SSSR count). The van der Waals surface area contributed by atoms with Crippen molar-refractivity contribution in [2.24, 2.45) is 0 Å². The fourth-order valence-corrected chi connectivity index (χ4v) is 1.11. The highest BCUT2D eigenvalue weighted by Crippen LogP contribution is 2.04. The quantitative estimate of drug-likeness (QED) is 0.813. The average Bonchev–Trinajstić information content (AvgIpc) is 2.27. The zero-order chi connectivity index (χ0) is 12.7. The van der Waals surface area contributed by atoms with Crippen LogP contribution in [0, 0.1) is 6.92 Å². The van der Waals surface area contributed by atoms with Crippen LogP contribution in [-0.2, 0) is 4.79 Å². The molecular weight excluding hydrogens is 219 g/mol. The van der Waals surface area contributed by atoms with Gasteiger partial charge in [-0.05, 0) is 31.6 Å². The fraction of sp³-hybridized carbons (Fsp3) is 0.231. The van der Waals surface area contributed by atoms with E-state index in [0.717, 1.165) is 5.56 Å². The number of carbonyl (C=O) groups excluding carboxylic acids is 1. The Morgan fingerprint density at radius 3 is 2.88 bits per heavy atom. The predicted molar refractivity (Wildman–Crippen MR) is 66.2 cm³/mol. The molecule has 0 aromatic carbocycles. The number of rotatable bonds is 4. The number of aryl methyl sites for hydroxylation is 1. The molecule has 1 aromatic rings. The van der Waals surface area contributed by atoms with Gasteiger partial charge in [-0.25, -0.2) is 9.37 Å². The summed E-state index contributed by atoms with van der Waals surface area (Å²) in [4.78, 5) is 15.5. The smallest absolute Gasteiger partial charge is 0.229 e. The molecule has 0 bridgehead atoms. The largest absolute Gasteiger partial charge is 0.310 e. The number of nitrogens with zero attached hydrogens (tertiary/aromatic N) is 1. The fourth-order valence-electron chi connectivity index (χ4n) is 1.11. The van der Waals surface area contributed by atoms with Crippen molar-refractivity contribution in [2.45, 2.75) is 20.3 Å². The molecule has 0 fully saturated rings. The molecule has 0 saturated heterocycles. The van der Waals surface area contributed by atoms with Gasteiger partial charge in [0, 0.05) is 12.6 Å². The van der Waals surface area contributed by atoms with Crippen LogP contribution in [0.4, 0.5) is 10.2 Å². The lowest BCUT2D eigenvalue weighted by Gasteiger charge is -2.01. The van der Waals surface area contributed by atoms with Crippen molar-refractivity contribution < 1.29 is 9.18 Å². The van der Waals surface area contributed by atoms with Crippen molar-refractivity contribution in [1.29, 1.82) is 0 Å². The third-order valence-electron chi connectivity index (χ3n) is 1.94. The maximum atomic E-state index is 12.3. The number of nitrogens with one attached hydrogen (secondary N) is 1. The zero-order valence-electron chi connectivity index (χ0n) is 9.90. The minimum Gasteiger partial charge on any atom is -0.310 e. The third kappa shape index (κ3) is 5.61. The molecule has 0 aliphatic rings. The van der Waals surface area contributed by atoms with Crippen LogP contribution in [0.3, 0.4) is 0 Å². The first kappa shape index (κ1) is 13.1. The van der Waals surface area contributed by atoms with Crippen LogP contribution in [0.5, 0.6) is 0 Å². The predicted octanol–water partition coefficient (Wildman–Crippen LogP) is 3.15. The minimum absolute atomic E-state index is 0.178. The molecule has 1 amide bonds. The number of hydrogen-bond donors (Lipinski definition) is 1. The molecular formula is C13H15FN2O. The average molecular weight is 234 g/mol. The van der Waals surface area contributed by atoms with Crippen molar-refractivity contribution in [3.05, 3.63) is 47.9 Å². The van der Waals surface area contributed by atoms with E-state index < -0.39 is 0 Å². The van der Waals surface area contributed by atoms with Gasteiger partial charge in [-0.1, -0.05) is 18.2 Å². The maximum absolute atomic E-state index is 12.3. The first-order valence-electron chi connectivity index (χ1n) is 5.29. The standard InChI is InChI=1S/C13H15FN2O/c1-10-7-8-12(15-9-10)16-13(17)6-4-3-5-11(2)14/h3-5,7-9H,6H2,1-2H3,(H,15,16,17). The van der Waals surface area contributed by atoms with Gasteiger partial charge in [0.2, 0.25) is 5.91 Å². The van der Waals surface area contributed by atoms with Gasteiger partial charge in [-0.15, -0.1) is 0 Å². The van der Waals surface area contributed by atoms with Crippen molar-refractivity contribution >= 4 is 11.7 Å². The maximum Gasteiger partial charge on any atom is 0.229 e. The molecule has 0 spiro atoms. The van der Waals surface area contributed by atoms with Crippen LogP contribution in [0.2, 0.25) is 0 Å². The highest BCUT2D eigenvalue weighted by molar-refractivity contribution is 5.90. The summed E-state index contributed by atoms with van der Waals surface area (Å²) in [5.41, 5.74) is 1.03. The van der Waals surface area contributed by atoms with Crippen molar-refractivity contribution in [3.63, 3.8) is 0 Å². The Balaban J connectivity index is 2.42. The molecule has 1 N–H and O–H groups in total. The van der Waals surface area contributed by atoms with E-state index in [4.69, 9.17) is 0 Å². The summed E-state index contributed by atoms with van der Waals surface area (Å²) in [6, 6.07) is 3.61. The van der Waals surface area contributed by atoms with Gasteiger partial charge in [0.1, 0.15) is 5.82 Å². The van der Waals surface area contributed by atoms with E-state index in [1.54, 1.807) is 18.3 Å². The van der Waals surface area contributed by atoms with E-state index in [1.165, 1.54) is 19.1 Å². The second kappa shape index (κ2) is 6.58. The number of hydrogen-bond acceptors (Lipinski definition) is 2. The first-order valence-corrected chi connectivity index (χ1v) is 5.29. The summed E-state index contributed by atoms with van der Waals surface area (Å²) in [5.74, 6) is 0.0515. The lowest BCUT2D eigenvalue weighted by Crippen LogP contribution is -2.10. The number of allylic oxidation sites excluding steroid dienone is 3. The van der Waals surface area contributed by atoms with Gasteiger partial charge >= 0.3 is 0 Å². The number of amides is 1. The monoisotopic (exact) mass is 234 g/mol. The Kier molecular flexibility index (Phi) is 5.07. The van der Waals surface area contributed by atoms with Gasteiger partial charge in [-0.2, -0.15) is 0 Å². The van der Waals surface area contributed by atoms with Crippen molar-refractivity contribution in [2.75, 3.05) is 5.32 Å². The Labute approximate surface area is 100 Å². The lowest BCUT2D eigenvalue weighted by atomic mass is 10.3. The second-order valence-corrected chi connectivity index (χ2v) is 3.65. The van der Waals surface area contributed by atoms with E-state index in [0.29, 0.717) is 5.82 Å². The first-order chi connectivity index (χ1) is 8.08. The number of halogens is 1. The molecule has 0 saturated carbocycles. The summed E-state index contributed by atoms with van der Waals surface area (Å²) in [6.07, 6.45) is 6.28. The lowest BCUT2D eigenvalue weighted by molar-refractivity contribution is -0.115. The van der Waals surface area contributed by atoms with Gasteiger partial charge in [0.15, 0.2) is 0 Å². The van der Waals surface area contributed by atoms with E-state index in [2.05, 4.69) is 10.3 Å². The highest BCUT2D eigenvalue weighted by Gasteiger charge is 1.99. The summed E-state index contributed by atoms with van der Waals surface area (Å²) in [6.45, 7) is 3.27. The highest BCUT2D eigenvalue weighted by atomic mass is 19.1. The Bertz CT molecular complexity index is 431. The van der Waals surface area contributed by atoms with E-state index in [1.807, 2.05) is 13.0 Å². The molecule has 0 radical (unpaired) electrons. The molecule has 1 heterocycles. The molecule has 0 unspecified atom stereocenters. The molecule has 0 aliphatic heterocycles. The summed E-state index contributed by atoms with van der Waals surface area (Å²) in [5, 5.41) is 2.64. The summed E-state index contributed by atoms with van der Waals surface area (Å²) < 4.78 is 12.3. The SMILES string of the molecule is CC(F)=CC=CCC(=O)Nc1ccc(C)cn1. The summed E-state index contributed by atoms with van der Waals surface area (Å²) in [7, 11) is 0. The summed E-state index contributed by atoms with van der Waals surface area (Å²) >= 11 is 0.